The van der Waals surface area contributed by atoms with Gasteiger partial charge in [0.05, 0.1) is 28.2 Å². The van der Waals surface area contributed by atoms with Crippen molar-refractivity contribution in [3.8, 4) is 11.8 Å². The number of hydrogen-bond acceptors (Lipinski definition) is 7. The van der Waals surface area contributed by atoms with Crippen LogP contribution in [0.15, 0.2) is 101 Å². The van der Waals surface area contributed by atoms with Crippen LogP contribution in [0.4, 0.5) is 4.39 Å². The molecule has 0 bridgehead atoms. The highest BCUT2D eigenvalue weighted by Gasteiger charge is 2.21. The smallest absolute Gasteiger partial charge is 0.262 e. The van der Waals surface area contributed by atoms with Crippen molar-refractivity contribution in [1.82, 2.24) is 24.3 Å². The number of nitrogens with two attached hydrogens (primary N) is 1. The number of carbonyl (C=O) groups excluding carboxylic acids is 1. The molecule has 3 aromatic carbocycles. The number of benzene rings is 3. The Morgan fingerprint density at radius 1 is 0.978 bits per heavy atom. The molecule has 0 spiro atoms. The molecule has 0 radical (unpaired) electrons. The third-order valence-corrected chi connectivity index (χ3v) is 9.17. The van der Waals surface area contributed by atoms with Gasteiger partial charge in [0.15, 0.2) is 9.84 Å². The van der Waals surface area contributed by atoms with Crippen LogP contribution in [0.3, 0.4) is 0 Å². The molecule has 0 aliphatic rings. The van der Waals surface area contributed by atoms with Crippen LogP contribution in [-0.4, -0.2) is 33.3 Å². The molecule has 1 amide bonds. The average Bonchev–Trinajstić information content (AvgIpc) is 3.51. The average molecular weight is 635 g/mol. The molecule has 0 unspecified atom stereocenters. The fraction of sp³-hybridized carbons (Fsp3) is 0.118. The molecule has 0 atom stereocenters. The molecular weight excluding hydrogens is 607 g/mol. The monoisotopic (exact) mass is 634 g/mol. The summed E-state index contributed by atoms with van der Waals surface area (Å²) in [4.78, 5) is 34.5. The topological polar surface area (TPSA) is 141 Å². The summed E-state index contributed by atoms with van der Waals surface area (Å²) in [5.74, 6) is 4.90. The molecule has 46 heavy (non-hydrogen) atoms. The standard InChI is InChI=1S/C34H27FN6O4S/c1-22-39-30-16-25(5-10-29(30)34(43)41(22)21-36)20-46(44,45)31-11-7-27(18-26(31)6-2-23-3-8-28(35)9-4-23)33(42)38-19-24-12-14-40-15-13-37-32(40)17-24/h3-5,7-18H,19-21,36H2,1H3,(H,38,42). The van der Waals surface area contributed by atoms with Crippen molar-refractivity contribution < 1.29 is 17.6 Å². The predicted octanol–water partition coefficient (Wildman–Crippen LogP) is 3.71. The maximum absolute atomic E-state index is 13.8. The lowest BCUT2D eigenvalue weighted by Gasteiger charge is -2.12. The van der Waals surface area contributed by atoms with E-state index in [9.17, 15) is 22.4 Å². The zero-order chi connectivity index (χ0) is 32.4. The summed E-state index contributed by atoms with van der Waals surface area (Å²) in [6.07, 6.45) is 5.34. The van der Waals surface area contributed by atoms with Crippen molar-refractivity contribution in [2.24, 2.45) is 5.73 Å². The Morgan fingerprint density at radius 3 is 2.57 bits per heavy atom. The Kier molecular flexibility index (Phi) is 8.19. The third kappa shape index (κ3) is 6.28. The Morgan fingerprint density at radius 2 is 1.78 bits per heavy atom. The van der Waals surface area contributed by atoms with E-state index in [1.54, 1.807) is 25.3 Å². The van der Waals surface area contributed by atoms with Crippen LogP contribution in [-0.2, 0) is 28.8 Å². The number of aromatic nitrogens is 4. The van der Waals surface area contributed by atoms with Crippen LogP contribution >= 0.6 is 0 Å². The summed E-state index contributed by atoms with van der Waals surface area (Å²) in [5.41, 5.74) is 8.50. The molecule has 6 aromatic rings. The molecule has 230 valence electrons. The van der Waals surface area contributed by atoms with Gasteiger partial charge < -0.3 is 15.5 Å². The lowest BCUT2D eigenvalue weighted by Crippen LogP contribution is -2.27. The van der Waals surface area contributed by atoms with Crippen molar-refractivity contribution >= 4 is 32.3 Å². The van der Waals surface area contributed by atoms with Crippen molar-refractivity contribution in [1.29, 1.82) is 0 Å². The number of halogens is 1. The van der Waals surface area contributed by atoms with E-state index in [2.05, 4.69) is 27.1 Å². The minimum absolute atomic E-state index is 0.0272. The maximum Gasteiger partial charge on any atom is 0.262 e. The number of rotatable bonds is 7. The van der Waals surface area contributed by atoms with Gasteiger partial charge in [0.2, 0.25) is 0 Å². The van der Waals surface area contributed by atoms with Crippen LogP contribution in [0.5, 0.6) is 0 Å². The number of carbonyl (C=O) groups is 1. The SMILES string of the molecule is Cc1nc2cc(CS(=O)(=O)c3ccc(C(=O)NCc4ccn5ccnc5c4)cc3C#Cc3ccc(F)cc3)ccc2c(=O)n1CN. The zero-order valence-electron chi connectivity index (χ0n) is 24.6. The normalized spacial score (nSPS) is 11.4. The van der Waals surface area contributed by atoms with Gasteiger partial charge in [0.25, 0.3) is 11.5 Å². The van der Waals surface area contributed by atoms with Crippen molar-refractivity contribution in [3.05, 3.63) is 141 Å². The van der Waals surface area contributed by atoms with Gasteiger partial charge in [0, 0.05) is 41.8 Å². The summed E-state index contributed by atoms with van der Waals surface area (Å²) in [5, 5.41) is 3.18. The molecule has 3 N–H and O–H groups in total. The predicted molar refractivity (Wildman–Crippen MR) is 171 cm³/mol. The van der Waals surface area contributed by atoms with E-state index in [1.807, 2.05) is 28.9 Å². The zero-order valence-corrected chi connectivity index (χ0v) is 25.4. The van der Waals surface area contributed by atoms with E-state index in [-0.39, 0.29) is 34.8 Å². The number of fused-ring (bicyclic) bond motifs is 2. The lowest BCUT2D eigenvalue weighted by molar-refractivity contribution is 0.0950. The van der Waals surface area contributed by atoms with Crippen LogP contribution in [0.1, 0.15) is 38.4 Å². The first-order valence-corrected chi connectivity index (χ1v) is 15.8. The molecule has 12 heteroatoms. The largest absolute Gasteiger partial charge is 0.348 e. The van der Waals surface area contributed by atoms with Gasteiger partial charge in [-0.25, -0.2) is 22.8 Å². The molecule has 10 nitrogen and oxygen atoms in total. The maximum atomic E-state index is 13.8. The van der Waals surface area contributed by atoms with Gasteiger partial charge in [-0.05, 0) is 84.8 Å². The number of aryl methyl sites for hydroxylation is 1. The Labute approximate surface area is 263 Å². The van der Waals surface area contributed by atoms with Crippen LogP contribution in [0, 0.1) is 24.6 Å². The van der Waals surface area contributed by atoms with Gasteiger partial charge in [-0.3, -0.25) is 14.2 Å². The highest BCUT2D eigenvalue weighted by molar-refractivity contribution is 7.90. The van der Waals surface area contributed by atoms with Gasteiger partial charge in [-0.1, -0.05) is 17.9 Å². The minimum atomic E-state index is -4.00. The van der Waals surface area contributed by atoms with Crippen LogP contribution in [0.2, 0.25) is 0 Å². The van der Waals surface area contributed by atoms with E-state index in [4.69, 9.17) is 5.73 Å². The van der Waals surface area contributed by atoms with Gasteiger partial charge >= 0.3 is 0 Å². The van der Waals surface area contributed by atoms with Gasteiger partial charge in [-0.2, -0.15) is 0 Å². The van der Waals surface area contributed by atoms with Crippen molar-refractivity contribution in [2.45, 2.75) is 30.8 Å². The van der Waals surface area contributed by atoms with Gasteiger partial charge in [-0.15, -0.1) is 0 Å². The van der Waals surface area contributed by atoms with E-state index < -0.39 is 27.3 Å². The van der Waals surface area contributed by atoms with Crippen molar-refractivity contribution in [2.75, 3.05) is 0 Å². The fourth-order valence-electron chi connectivity index (χ4n) is 5.04. The van der Waals surface area contributed by atoms with Crippen LogP contribution < -0.4 is 16.6 Å². The molecule has 6 rings (SSSR count). The number of nitrogens with one attached hydrogen (secondary N) is 1. The molecule has 0 aliphatic carbocycles. The highest BCUT2D eigenvalue weighted by atomic mass is 32.2. The Hall–Kier alpha value is -5.64. The van der Waals surface area contributed by atoms with E-state index in [1.165, 1.54) is 53.1 Å². The fourth-order valence-corrected chi connectivity index (χ4v) is 6.53. The number of imidazole rings is 1. The molecule has 3 heterocycles. The molecular formula is C34H27FN6O4S. The molecule has 0 saturated heterocycles. The number of pyridine rings is 1. The van der Waals surface area contributed by atoms with Gasteiger partial charge in [0.1, 0.15) is 17.3 Å². The lowest BCUT2D eigenvalue weighted by atomic mass is 10.1. The summed E-state index contributed by atoms with van der Waals surface area (Å²) >= 11 is 0. The Bertz CT molecular complexity index is 2370. The Balaban J connectivity index is 1.32. The second-order valence-corrected chi connectivity index (χ2v) is 12.5. The highest BCUT2D eigenvalue weighted by Crippen LogP contribution is 2.23. The molecule has 3 aromatic heterocycles. The third-order valence-electron chi connectivity index (χ3n) is 7.43. The van der Waals surface area contributed by atoms with E-state index in [0.717, 1.165) is 11.2 Å². The first kappa shape index (κ1) is 30.4. The quantitative estimate of drug-likeness (QED) is 0.255. The van der Waals surface area contributed by atoms with Crippen molar-refractivity contribution in [3.63, 3.8) is 0 Å². The first-order chi connectivity index (χ1) is 22.1. The second kappa shape index (κ2) is 12.4. The summed E-state index contributed by atoms with van der Waals surface area (Å²) in [6, 6.07) is 18.1. The summed E-state index contributed by atoms with van der Waals surface area (Å²) in [6.45, 7) is 1.85. The molecule has 0 fully saturated rings. The number of amides is 1. The second-order valence-electron chi connectivity index (χ2n) is 10.6. The molecule has 0 aliphatic heterocycles. The number of nitrogens with zero attached hydrogens (tertiary/aromatic N) is 4. The molecule has 0 saturated carbocycles. The minimum Gasteiger partial charge on any atom is -0.348 e. The van der Waals surface area contributed by atoms with E-state index in [0.29, 0.717) is 27.9 Å². The number of sulfone groups is 1. The summed E-state index contributed by atoms with van der Waals surface area (Å²) < 4.78 is 44.2. The number of hydrogen-bond donors (Lipinski definition) is 2. The summed E-state index contributed by atoms with van der Waals surface area (Å²) in [7, 11) is -4.00. The van der Waals surface area contributed by atoms with Crippen LogP contribution in [0.25, 0.3) is 16.6 Å². The first-order valence-electron chi connectivity index (χ1n) is 14.2. The van der Waals surface area contributed by atoms with E-state index >= 15 is 0 Å².